The van der Waals surface area contributed by atoms with Gasteiger partial charge in [-0.2, -0.15) is 34.0 Å². The smallest absolute Gasteiger partial charge is 0.309 e. The zero-order valence-corrected chi connectivity index (χ0v) is 67.2. The van der Waals surface area contributed by atoms with Gasteiger partial charge >= 0.3 is 11.9 Å². The van der Waals surface area contributed by atoms with Crippen LogP contribution in [0.5, 0.6) is 34.5 Å². The molecular weight excluding hydrogens is 1430 g/mol. The number of esters is 2. The van der Waals surface area contributed by atoms with E-state index < -0.39 is 24.2 Å². The fourth-order valence-corrected chi connectivity index (χ4v) is 23.4. The summed E-state index contributed by atoms with van der Waals surface area (Å²) >= 11 is 3.59. The first-order chi connectivity index (χ1) is 53.7. The van der Waals surface area contributed by atoms with Crippen LogP contribution >= 0.6 is 23.5 Å². The second-order valence-electron chi connectivity index (χ2n) is 32.4. The first-order valence-electron chi connectivity index (χ1n) is 39.4. The van der Waals surface area contributed by atoms with Crippen molar-refractivity contribution in [3.05, 3.63) is 233 Å². The van der Waals surface area contributed by atoms with Crippen LogP contribution in [0.15, 0.2) is 122 Å². The highest BCUT2D eigenvalue weighted by molar-refractivity contribution is 7.99. The van der Waals surface area contributed by atoms with Crippen molar-refractivity contribution < 1.29 is 47.9 Å². The van der Waals surface area contributed by atoms with Crippen LogP contribution in [0.1, 0.15) is 161 Å². The van der Waals surface area contributed by atoms with Gasteiger partial charge in [0.2, 0.25) is 13.6 Å². The van der Waals surface area contributed by atoms with Gasteiger partial charge in [-0.25, -0.2) is 0 Å². The number of nitrogens with zero attached hydrogens (tertiary/aromatic N) is 6. The highest BCUT2D eigenvalue weighted by Crippen LogP contribution is 2.61. The zero-order chi connectivity index (χ0) is 77.3. The third-order valence-corrected chi connectivity index (χ3v) is 29.4. The number of aryl methyl sites for hydroxylation is 2. The Balaban J connectivity index is 0.000000162. The molecule has 8 aliphatic heterocycles. The average molecular weight is 1520 g/mol. The second-order valence-corrected chi connectivity index (χ2v) is 34.6. The second kappa shape index (κ2) is 29.7. The van der Waals surface area contributed by atoms with E-state index in [1.54, 1.807) is 29.6 Å². The minimum absolute atomic E-state index is 0.0136. The molecule has 18 rings (SSSR count). The van der Waals surface area contributed by atoms with Crippen LogP contribution < -0.4 is 23.7 Å². The number of aromatic hydroxyl groups is 1. The van der Waals surface area contributed by atoms with E-state index >= 15 is 0 Å². The molecule has 2 fully saturated rings. The first-order valence-corrected chi connectivity index (χ1v) is 41.7. The minimum Gasteiger partial charge on any atom is -0.507 e. The summed E-state index contributed by atoms with van der Waals surface area (Å²) in [5.74, 6) is 5.81. The number of carbonyl (C=O) groups is 2. The molecule has 8 aromatic carbocycles. The number of hydrogen-bond acceptors (Lipinski definition) is 18. The average Bonchev–Trinajstić information content (AvgIpc) is 1.69. The van der Waals surface area contributed by atoms with E-state index in [0.29, 0.717) is 59.5 Å². The number of carbonyl (C=O) groups excluding carboxylic acids is 2. The summed E-state index contributed by atoms with van der Waals surface area (Å²) in [7, 11) is 4.33. The Morgan fingerprint density at radius 2 is 0.919 bits per heavy atom. The van der Waals surface area contributed by atoms with Gasteiger partial charge < -0.3 is 38.3 Å². The van der Waals surface area contributed by atoms with Crippen LogP contribution in [0.3, 0.4) is 0 Å². The minimum atomic E-state index is -0.507. The van der Waals surface area contributed by atoms with Crippen molar-refractivity contribution in [3.63, 3.8) is 0 Å². The van der Waals surface area contributed by atoms with E-state index in [9.17, 15) is 25.2 Å². The Hall–Kier alpha value is -9.24. The lowest BCUT2D eigenvalue weighted by molar-refractivity contribution is -0.153. The van der Waals surface area contributed by atoms with Crippen LogP contribution in [-0.2, 0) is 44.7 Å². The van der Waals surface area contributed by atoms with E-state index in [-0.39, 0.29) is 104 Å². The Morgan fingerprint density at radius 1 is 0.532 bits per heavy atom. The molecule has 0 amide bonds. The van der Waals surface area contributed by atoms with E-state index in [1.165, 1.54) is 100 Å². The fourth-order valence-electron chi connectivity index (χ4n) is 21.0. The predicted octanol–water partition coefficient (Wildman–Crippen LogP) is 16.6. The van der Waals surface area contributed by atoms with Gasteiger partial charge in [-0.05, 0) is 195 Å². The molecule has 2 saturated heterocycles. The summed E-state index contributed by atoms with van der Waals surface area (Å²) in [5, 5.41) is 33.8. The number of hydrogen-bond donors (Lipinski definition) is 1. The summed E-state index contributed by atoms with van der Waals surface area (Å²) in [6.07, 6.45) is 4.44. The van der Waals surface area contributed by atoms with E-state index in [2.05, 4.69) is 203 Å². The first kappa shape index (κ1) is 74.5. The number of thioether (sulfide) groups is 2. The molecule has 8 aromatic rings. The van der Waals surface area contributed by atoms with Crippen molar-refractivity contribution >= 4 is 35.5 Å². The molecule has 0 aromatic heterocycles. The van der Waals surface area contributed by atoms with Crippen molar-refractivity contribution in [2.75, 3.05) is 70.5 Å². The van der Waals surface area contributed by atoms with E-state index in [4.69, 9.17) is 33.2 Å². The van der Waals surface area contributed by atoms with Crippen molar-refractivity contribution in [1.29, 1.82) is 10.5 Å². The molecular formula is C93H98N6O10S2. The number of likely N-dealkylation sites (N-methyl/N-ethyl adjacent to an activating group) is 2. The highest BCUT2D eigenvalue weighted by Gasteiger charge is 2.59. The van der Waals surface area contributed by atoms with Crippen molar-refractivity contribution in [2.45, 2.75) is 167 Å². The third-order valence-electron chi connectivity index (χ3n) is 26.8. The maximum atomic E-state index is 14.0. The molecule has 4 bridgehead atoms. The molecule has 12 atom stereocenters. The molecule has 10 aliphatic rings. The molecule has 2 aliphatic carbocycles. The summed E-state index contributed by atoms with van der Waals surface area (Å²) in [6.45, 7) is 25.5. The van der Waals surface area contributed by atoms with Gasteiger partial charge in [-0.1, -0.05) is 136 Å². The van der Waals surface area contributed by atoms with Crippen molar-refractivity contribution in [2.24, 2.45) is 11.8 Å². The number of ether oxygens (including phenoxy) is 7. The van der Waals surface area contributed by atoms with Crippen LogP contribution in [0.4, 0.5) is 0 Å². The molecule has 1 N–H and O–H groups in total. The maximum absolute atomic E-state index is 14.0. The summed E-state index contributed by atoms with van der Waals surface area (Å²) in [6, 6.07) is 42.5. The summed E-state index contributed by atoms with van der Waals surface area (Å²) < 4.78 is 43.6. The predicted molar refractivity (Wildman–Crippen MR) is 435 cm³/mol. The summed E-state index contributed by atoms with van der Waals surface area (Å²) in [5.41, 5.74) is 28.7. The number of benzene rings is 8. The number of piperazine rings is 2. The number of rotatable bonds is 17. The lowest BCUT2D eigenvalue weighted by Crippen LogP contribution is -2.68. The quantitative estimate of drug-likeness (QED) is 0.0671. The molecule has 0 saturated carbocycles. The van der Waals surface area contributed by atoms with Crippen LogP contribution in [0, 0.1) is 89.9 Å². The highest BCUT2D eigenvalue weighted by atomic mass is 32.2. The normalized spacial score (nSPS) is 23.7. The number of phenolic OH excluding ortho intramolecular Hbond substituents is 1. The lowest BCUT2D eigenvalue weighted by atomic mass is 9.70. The molecule has 16 nitrogen and oxygen atoms in total. The molecule has 18 heteroatoms. The number of nitriles is 2. The van der Waals surface area contributed by atoms with E-state index in [0.717, 1.165) is 57.9 Å². The molecule has 2 unspecified atom stereocenters. The van der Waals surface area contributed by atoms with Crippen LogP contribution in [-0.4, -0.2) is 143 Å². The SMILES string of the molecule is C=CCOc1c(C)c2c(c3c1CC1[C@H]4c5c(cc(C)c(C)c5C)C[C@@H]([C@H](C#N)N1[C@H]3COC(=O)[C@H](C)CSCC1c3ccccc3-c3ccccc31)N4C)OCO2.Cc1cc2c(c(C)c1C)[C@@H]1C3Cc4c(O)c(C)c5c(c4[C@H](COC(=O)[C@H](C)CSCC4c6ccccc6-c6ccccc64)N3[C@@H](C#N)[C@H](C2)N1C)OCO5. The Bertz CT molecular complexity index is 5130. The molecule has 0 radical (unpaired) electrons. The fraction of sp³-hybridized carbons (Fsp3) is 0.419. The zero-order valence-electron chi connectivity index (χ0n) is 65.6. The molecule has 0 spiro atoms. The van der Waals surface area contributed by atoms with Crippen molar-refractivity contribution in [1.82, 2.24) is 19.6 Å². The van der Waals surface area contributed by atoms with Crippen LogP contribution in [0.25, 0.3) is 22.3 Å². The van der Waals surface area contributed by atoms with Gasteiger partial charge in [-0.15, -0.1) is 0 Å². The van der Waals surface area contributed by atoms with Gasteiger partial charge in [-0.3, -0.25) is 29.2 Å². The van der Waals surface area contributed by atoms with Gasteiger partial charge in [0.05, 0.1) is 48.1 Å². The Morgan fingerprint density at radius 3 is 1.33 bits per heavy atom. The topological polar surface area (TPSA) is 180 Å². The third kappa shape index (κ3) is 12.1. The summed E-state index contributed by atoms with van der Waals surface area (Å²) in [4.78, 5) is 37.4. The number of phenols is 1. The Kier molecular flexibility index (Phi) is 19.9. The number of fused-ring (bicyclic) bond motifs is 24. The Labute approximate surface area is 660 Å². The van der Waals surface area contributed by atoms with Gasteiger partial charge in [0.1, 0.15) is 43.4 Å². The van der Waals surface area contributed by atoms with Gasteiger partial charge in [0.25, 0.3) is 0 Å². The maximum Gasteiger partial charge on any atom is 0.309 e. The van der Waals surface area contributed by atoms with Gasteiger partial charge in [0.15, 0.2) is 23.0 Å². The molecule has 111 heavy (non-hydrogen) atoms. The van der Waals surface area contributed by atoms with Crippen LogP contribution in [0.2, 0.25) is 0 Å². The molecule has 8 heterocycles. The standard InChI is InChI=1S/C48H51N3O5S.C45H47N3O5S/c1-8-17-53-45-30(6)46-47(56-25-55-46)43-36(45)20-39-44-42-29(5)28(4)26(2)18-31(42)19-38(50(44)7)40(21-49)51(39)41(43)22-54-48(52)27(3)23-57-24-37-34-15-11-9-13-32(34)33-14-10-12-16-35(33)37;1-23-15-28-16-35-37(18-46)48-36(41(47(35)6)39(28)26(4)25(23)3)17-33-40(44-43(52-22-53-44)27(5)42(33)49)38(48)19-51-45(50)24(2)20-54-21-34-31-13-9-7-11-29(31)30-12-8-10-14-32(30)34/h8-16,18,27,37-41,44H,1,17,19-20,22-25H2,2-7H3;7-15,24,34-38,41,49H,16-17,19-22H2,1-6H3/t27-,38+,39?,40+,41+,44+;24-,35+,36?,37+,38+,41+/m11/s1. The van der Waals surface area contributed by atoms with Crippen molar-refractivity contribution in [3.8, 4) is 68.9 Å². The largest absolute Gasteiger partial charge is 0.507 e. The monoisotopic (exact) mass is 1520 g/mol. The lowest BCUT2D eigenvalue weighted by Gasteiger charge is -2.60. The van der Waals surface area contributed by atoms with E-state index in [1.807, 2.05) is 27.7 Å². The van der Waals surface area contributed by atoms with Gasteiger partial charge in [0, 0.05) is 92.4 Å². The molecule has 572 valence electrons.